The molecule has 0 bridgehead atoms. The van der Waals surface area contributed by atoms with Crippen molar-refractivity contribution in [3.05, 3.63) is 24.3 Å². The summed E-state index contributed by atoms with van der Waals surface area (Å²) in [5.74, 6) is -0.825. The third-order valence-electron chi connectivity index (χ3n) is 7.45. The van der Waals surface area contributed by atoms with E-state index in [2.05, 4.69) is 38.2 Å². The zero-order valence-corrected chi connectivity index (χ0v) is 31.0. The fourth-order valence-corrected chi connectivity index (χ4v) is 5.24. The van der Waals surface area contributed by atoms with Gasteiger partial charge in [-0.05, 0) is 51.4 Å². The van der Waals surface area contributed by atoms with E-state index in [-0.39, 0.29) is 32.0 Å². The lowest BCUT2D eigenvalue weighted by molar-refractivity contribution is -0.870. The van der Waals surface area contributed by atoms with Crippen LogP contribution in [0.5, 0.6) is 0 Å². The van der Waals surface area contributed by atoms with Crippen LogP contribution in [-0.2, 0) is 32.7 Å². The van der Waals surface area contributed by atoms with Gasteiger partial charge >= 0.3 is 19.8 Å². The number of allylic oxidation sites excluding steroid dienone is 4. The van der Waals surface area contributed by atoms with Crippen molar-refractivity contribution in [2.45, 2.75) is 148 Å². The molecule has 2 atom stereocenters. The van der Waals surface area contributed by atoms with Crippen molar-refractivity contribution in [3.8, 4) is 0 Å². The van der Waals surface area contributed by atoms with Crippen molar-refractivity contribution in [3.63, 3.8) is 0 Å². The molecular weight excluding hydrogens is 605 g/mol. The first-order valence-electron chi connectivity index (χ1n) is 18.1. The number of quaternary nitrogens is 1. The molecule has 9 nitrogen and oxygen atoms in total. The van der Waals surface area contributed by atoms with Gasteiger partial charge in [0.15, 0.2) is 6.10 Å². The molecule has 0 aromatic rings. The van der Waals surface area contributed by atoms with Crippen LogP contribution in [0, 0.1) is 0 Å². The summed E-state index contributed by atoms with van der Waals surface area (Å²) in [6.45, 7) is 4.29. The van der Waals surface area contributed by atoms with E-state index < -0.39 is 26.5 Å². The molecule has 0 aliphatic carbocycles. The molecule has 0 aliphatic heterocycles. The van der Waals surface area contributed by atoms with Crippen LogP contribution in [0.4, 0.5) is 0 Å². The summed E-state index contributed by atoms with van der Waals surface area (Å²) < 4.78 is 34.0. The number of ether oxygens (including phenoxy) is 2. The average molecular weight is 675 g/mol. The fourth-order valence-electron chi connectivity index (χ4n) is 4.50. The van der Waals surface area contributed by atoms with Crippen molar-refractivity contribution in [2.75, 3.05) is 47.5 Å². The molecule has 0 saturated carbocycles. The number of esters is 2. The lowest BCUT2D eigenvalue weighted by Gasteiger charge is -2.24. The normalized spacial score (nSPS) is 14.1. The molecule has 1 N–H and O–H groups in total. The molecule has 0 aromatic heterocycles. The Balaban J connectivity index is 4.50. The molecule has 0 saturated heterocycles. The second kappa shape index (κ2) is 29.6. The average Bonchev–Trinajstić information content (AvgIpc) is 2.99. The number of phosphoric acid groups is 1. The van der Waals surface area contributed by atoms with E-state index in [0.29, 0.717) is 17.4 Å². The van der Waals surface area contributed by atoms with Gasteiger partial charge in [-0.2, -0.15) is 0 Å². The maximum Gasteiger partial charge on any atom is 0.472 e. The van der Waals surface area contributed by atoms with E-state index >= 15 is 0 Å². The van der Waals surface area contributed by atoms with E-state index in [9.17, 15) is 19.0 Å². The fraction of sp³-hybridized carbons (Fsp3) is 0.833. The van der Waals surface area contributed by atoms with Crippen molar-refractivity contribution in [2.24, 2.45) is 0 Å². The van der Waals surface area contributed by atoms with E-state index in [1.165, 1.54) is 25.7 Å². The third-order valence-corrected chi connectivity index (χ3v) is 8.44. The molecule has 270 valence electrons. The Hall–Kier alpha value is -1.51. The van der Waals surface area contributed by atoms with Crippen LogP contribution in [-0.4, -0.2) is 74.9 Å². The van der Waals surface area contributed by atoms with Crippen LogP contribution in [0.2, 0.25) is 0 Å². The van der Waals surface area contributed by atoms with Crippen LogP contribution >= 0.6 is 7.82 Å². The minimum atomic E-state index is -4.36. The summed E-state index contributed by atoms with van der Waals surface area (Å²) in [6.07, 6.45) is 28.0. The first kappa shape index (κ1) is 44.5. The quantitative estimate of drug-likeness (QED) is 0.0247. The Bertz CT molecular complexity index is 855. The lowest BCUT2D eigenvalue weighted by atomic mass is 10.1. The maximum absolute atomic E-state index is 12.6. The highest BCUT2D eigenvalue weighted by Crippen LogP contribution is 2.43. The summed E-state index contributed by atoms with van der Waals surface area (Å²) in [6, 6.07) is 0. The molecule has 0 fully saturated rings. The lowest BCUT2D eigenvalue weighted by Crippen LogP contribution is -2.37. The van der Waals surface area contributed by atoms with Crippen molar-refractivity contribution in [1.29, 1.82) is 0 Å². The molecule has 0 rings (SSSR count). The SMILES string of the molecule is CCCC/C=C\CCCCCCCC(=O)OC[C@H](COP(=O)(O)OCC[N+](C)(C)C)OC(=O)CCCCCCC/C=C/CCCC. The number of phosphoric ester groups is 1. The Kier molecular flexibility index (Phi) is 28.6. The van der Waals surface area contributed by atoms with Gasteiger partial charge in [0.1, 0.15) is 19.8 Å². The first-order valence-corrected chi connectivity index (χ1v) is 19.6. The second-order valence-corrected chi connectivity index (χ2v) is 14.7. The van der Waals surface area contributed by atoms with E-state index in [4.69, 9.17) is 18.5 Å². The Morgan fingerprint density at radius 3 is 1.61 bits per heavy atom. The molecular formula is C36H69NO8P+. The smallest absolute Gasteiger partial charge is 0.462 e. The number of carbonyl (C=O) groups is 2. The summed E-state index contributed by atoms with van der Waals surface area (Å²) in [4.78, 5) is 35.0. The Labute approximate surface area is 281 Å². The van der Waals surface area contributed by atoms with Crippen molar-refractivity contribution < 1.29 is 42.1 Å². The van der Waals surface area contributed by atoms with E-state index in [1.54, 1.807) is 0 Å². The maximum atomic E-state index is 12.6. The number of likely N-dealkylation sites (N-methyl/N-ethyl adjacent to an activating group) is 1. The summed E-state index contributed by atoms with van der Waals surface area (Å²) in [5.41, 5.74) is 0. The largest absolute Gasteiger partial charge is 0.472 e. The number of hydrogen-bond donors (Lipinski definition) is 1. The molecule has 0 amide bonds. The van der Waals surface area contributed by atoms with Gasteiger partial charge in [0, 0.05) is 12.8 Å². The topological polar surface area (TPSA) is 108 Å². The Morgan fingerprint density at radius 2 is 1.11 bits per heavy atom. The van der Waals surface area contributed by atoms with Crippen LogP contribution in [0.15, 0.2) is 24.3 Å². The molecule has 0 aliphatic rings. The predicted molar refractivity (Wildman–Crippen MR) is 187 cm³/mol. The van der Waals surface area contributed by atoms with Gasteiger partial charge < -0.3 is 18.9 Å². The summed E-state index contributed by atoms with van der Waals surface area (Å²) in [5, 5.41) is 0. The molecule has 1 unspecified atom stereocenters. The molecule has 0 spiro atoms. The predicted octanol–water partition coefficient (Wildman–Crippen LogP) is 9.24. The van der Waals surface area contributed by atoms with E-state index in [0.717, 1.165) is 83.5 Å². The van der Waals surface area contributed by atoms with Gasteiger partial charge in [0.2, 0.25) is 0 Å². The molecule has 0 radical (unpaired) electrons. The van der Waals surface area contributed by atoms with E-state index in [1.807, 2.05) is 21.1 Å². The number of hydrogen-bond acceptors (Lipinski definition) is 7. The molecule has 10 heteroatoms. The monoisotopic (exact) mass is 674 g/mol. The first-order chi connectivity index (χ1) is 22.0. The van der Waals surface area contributed by atoms with Gasteiger partial charge in [-0.15, -0.1) is 0 Å². The summed E-state index contributed by atoms with van der Waals surface area (Å²) >= 11 is 0. The number of unbranched alkanes of at least 4 members (excludes halogenated alkanes) is 14. The standard InChI is InChI=1S/C36H68NO8P/c1-6-8-10-12-14-16-18-20-22-24-26-28-35(38)42-32-34(33-44-46(40,41)43-31-30-37(3,4)5)45-36(39)29-27-25-23-21-19-17-15-13-11-9-7-2/h12-15,34H,6-11,16-33H2,1-5H3/p+1/b14-12-,15-13+/t34-/m1/s1. The van der Waals surface area contributed by atoms with Gasteiger partial charge in [0.05, 0.1) is 27.7 Å². The minimum Gasteiger partial charge on any atom is -0.462 e. The van der Waals surface area contributed by atoms with Gasteiger partial charge in [0.25, 0.3) is 0 Å². The molecule has 0 heterocycles. The van der Waals surface area contributed by atoms with Crippen LogP contribution in [0.3, 0.4) is 0 Å². The zero-order chi connectivity index (χ0) is 34.4. The number of rotatable bonds is 32. The highest BCUT2D eigenvalue weighted by molar-refractivity contribution is 7.47. The van der Waals surface area contributed by atoms with Crippen molar-refractivity contribution >= 4 is 19.8 Å². The van der Waals surface area contributed by atoms with Gasteiger partial charge in [-0.1, -0.05) is 102 Å². The second-order valence-electron chi connectivity index (χ2n) is 13.2. The molecule has 0 aromatic carbocycles. The van der Waals surface area contributed by atoms with Gasteiger partial charge in [-0.25, -0.2) is 4.57 Å². The minimum absolute atomic E-state index is 0.0293. The molecule has 46 heavy (non-hydrogen) atoms. The highest BCUT2D eigenvalue weighted by Gasteiger charge is 2.27. The van der Waals surface area contributed by atoms with Gasteiger partial charge in [-0.3, -0.25) is 18.6 Å². The highest BCUT2D eigenvalue weighted by atomic mass is 31.2. The third kappa shape index (κ3) is 32.4. The van der Waals surface area contributed by atoms with Crippen LogP contribution in [0.1, 0.15) is 142 Å². The summed E-state index contributed by atoms with van der Waals surface area (Å²) in [7, 11) is 1.46. The van der Waals surface area contributed by atoms with Crippen LogP contribution in [0.25, 0.3) is 0 Å². The van der Waals surface area contributed by atoms with Crippen molar-refractivity contribution in [1.82, 2.24) is 0 Å². The number of carbonyl (C=O) groups excluding carboxylic acids is 2. The zero-order valence-electron chi connectivity index (χ0n) is 30.1. The van der Waals surface area contributed by atoms with Crippen LogP contribution < -0.4 is 0 Å². The Morgan fingerprint density at radius 1 is 0.652 bits per heavy atom. The number of nitrogens with zero attached hydrogens (tertiary/aromatic N) is 1.